The first-order valence-electron chi connectivity index (χ1n) is 7.73. The minimum atomic E-state index is 0.0235. The van der Waals surface area contributed by atoms with E-state index in [2.05, 4.69) is 4.98 Å². The van der Waals surface area contributed by atoms with Crippen LogP contribution in [-0.2, 0) is 4.74 Å². The molecule has 0 spiro atoms. The first-order valence-corrected chi connectivity index (χ1v) is 7.73. The van der Waals surface area contributed by atoms with Crippen molar-refractivity contribution in [3.63, 3.8) is 0 Å². The molecule has 1 aromatic carbocycles. The van der Waals surface area contributed by atoms with Crippen LogP contribution in [0.2, 0.25) is 0 Å². The maximum absolute atomic E-state index is 12.9. The first-order chi connectivity index (χ1) is 11.1. The lowest BCUT2D eigenvalue weighted by atomic mass is 10.00. The molecule has 2 aliphatic heterocycles. The van der Waals surface area contributed by atoms with E-state index in [4.69, 9.17) is 14.2 Å². The minimum absolute atomic E-state index is 0.0235. The van der Waals surface area contributed by atoms with E-state index in [1.165, 1.54) is 0 Å². The Bertz CT molecular complexity index is 797. The van der Waals surface area contributed by atoms with Crippen molar-refractivity contribution in [3.8, 4) is 11.5 Å². The van der Waals surface area contributed by atoms with Crippen molar-refractivity contribution in [1.29, 1.82) is 0 Å². The maximum atomic E-state index is 12.9. The summed E-state index contributed by atoms with van der Waals surface area (Å²) in [6.45, 7) is 6.49. The molecule has 4 rings (SSSR count). The highest BCUT2D eigenvalue weighted by Gasteiger charge is 2.25. The van der Waals surface area contributed by atoms with Crippen LogP contribution in [0.25, 0.3) is 10.9 Å². The van der Waals surface area contributed by atoms with Gasteiger partial charge in [-0.2, -0.15) is 0 Å². The zero-order chi connectivity index (χ0) is 16.0. The van der Waals surface area contributed by atoms with Crippen molar-refractivity contribution in [1.82, 2.24) is 9.88 Å². The third kappa shape index (κ3) is 2.30. The molecular weight excluding hydrogens is 296 g/mol. The van der Waals surface area contributed by atoms with E-state index < -0.39 is 0 Å². The van der Waals surface area contributed by atoms with E-state index >= 15 is 0 Å². The van der Waals surface area contributed by atoms with Gasteiger partial charge in [0, 0.05) is 24.5 Å². The van der Waals surface area contributed by atoms with Crippen molar-refractivity contribution in [2.75, 3.05) is 33.1 Å². The number of hydrogen-bond acceptors (Lipinski definition) is 5. The molecular formula is C17H18N2O4. The largest absolute Gasteiger partial charge is 0.454 e. The molecule has 2 aromatic rings. The molecule has 23 heavy (non-hydrogen) atoms. The Balaban J connectivity index is 1.83. The smallest absolute Gasteiger partial charge is 0.256 e. The lowest BCUT2D eigenvalue weighted by Gasteiger charge is -2.28. The van der Waals surface area contributed by atoms with Crippen molar-refractivity contribution >= 4 is 16.8 Å². The Morgan fingerprint density at radius 2 is 1.83 bits per heavy atom. The number of pyridine rings is 1. The standard InChI is InChI=1S/C17H18N2O4/c1-10-12-7-14-15(23-9-22-14)8-13(12)18-11(2)16(10)17(20)19-3-5-21-6-4-19/h7-8H,3-6,9H2,1-2H3. The number of morpholine rings is 1. The van der Waals surface area contributed by atoms with Gasteiger partial charge in [0.2, 0.25) is 6.79 Å². The van der Waals surface area contributed by atoms with Gasteiger partial charge >= 0.3 is 0 Å². The number of aromatic nitrogens is 1. The van der Waals surface area contributed by atoms with E-state index in [0.717, 1.165) is 22.2 Å². The molecule has 0 N–H and O–H groups in total. The molecule has 1 aromatic heterocycles. The number of aryl methyl sites for hydroxylation is 2. The maximum Gasteiger partial charge on any atom is 0.256 e. The Morgan fingerprint density at radius 3 is 2.57 bits per heavy atom. The van der Waals surface area contributed by atoms with Crippen LogP contribution in [-0.4, -0.2) is 48.9 Å². The second kappa shape index (κ2) is 5.38. The molecule has 0 atom stereocenters. The summed E-state index contributed by atoms with van der Waals surface area (Å²) in [6.07, 6.45) is 0. The van der Waals surface area contributed by atoms with Crippen molar-refractivity contribution < 1.29 is 19.0 Å². The number of nitrogens with zero attached hydrogens (tertiary/aromatic N) is 2. The number of carbonyl (C=O) groups excluding carboxylic acids is 1. The summed E-state index contributed by atoms with van der Waals surface area (Å²) in [5.74, 6) is 1.43. The molecule has 0 saturated carbocycles. The summed E-state index contributed by atoms with van der Waals surface area (Å²) in [6, 6.07) is 3.79. The molecule has 0 radical (unpaired) electrons. The fourth-order valence-electron chi connectivity index (χ4n) is 3.21. The lowest BCUT2D eigenvalue weighted by molar-refractivity contribution is 0.0301. The average Bonchev–Trinajstić information content (AvgIpc) is 3.01. The molecule has 6 heteroatoms. The molecule has 0 unspecified atom stereocenters. The summed E-state index contributed by atoms with van der Waals surface area (Å²) in [4.78, 5) is 19.3. The third-order valence-electron chi connectivity index (χ3n) is 4.43. The van der Waals surface area contributed by atoms with Gasteiger partial charge in [0.25, 0.3) is 5.91 Å². The van der Waals surface area contributed by atoms with Gasteiger partial charge in [0.05, 0.1) is 30.0 Å². The summed E-state index contributed by atoms with van der Waals surface area (Å²) in [5, 5.41) is 0.927. The summed E-state index contributed by atoms with van der Waals surface area (Å²) in [7, 11) is 0. The number of rotatable bonds is 1. The molecule has 120 valence electrons. The molecule has 6 nitrogen and oxygen atoms in total. The van der Waals surface area contributed by atoms with Crippen molar-refractivity contribution in [2.45, 2.75) is 13.8 Å². The normalized spacial score (nSPS) is 16.9. The van der Waals surface area contributed by atoms with E-state index in [9.17, 15) is 4.79 Å². The van der Waals surface area contributed by atoms with Crippen LogP contribution >= 0.6 is 0 Å². The van der Waals surface area contributed by atoms with E-state index in [1.807, 2.05) is 30.9 Å². The average molecular weight is 314 g/mol. The highest BCUT2D eigenvalue weighted by molar-refractivity contribution is 6.01. The summed E-state index contributed by atoms with van der Waals surface area (Å²) in [5.41, 5.74) is 3.17. The van der Waals surface area contributed by atoms with Crippen LogP contribution in [0, 0.1) is 13.8 Å². The fraction of sp³-hybridized carbons (Fsp3) is 0.412. The first kappa shape index (κ1) is 14.3. The Hall–Kier alpha value is -2.34. The minimum Gasteiger partial charge on any atom is -0.454 e. The van der Waals surface area contributed by atoms with Gasteiger partial charge in [-0.1, -0.05) is 0 Å². The number of hydrogen-bond donors (Lipinski definition) is 0. The van der Waals surface area contributed by atoms with Crippen LogP contribution in [0.4, 0.5) is 0 Å². The van der Waals surface area contributed by atoms with E-state index in [1.54, 1.807) is 0 Å². The van der Waals surface area contributed by atoms with Crippen molar-refractivity contribution in [2.24, 2.45) is 0 Å². The Kier molecular flexibility index (Phi) is 3.34. The van der Waals surface area contributed by atoms with Crippen LogP contribution in [0.5, 0.6) is 11.5 Å². The predicted molar refractivity (Wildman–Crippen MR) is 84.1 cm³/mol. The molecule has 0 aliphatic carbocycles. The molecule has 1 fully saturated rings. The number of amides is 1. The van der Waals surface area contributed by atoms with Gasteiger partial charge in [-0.05, 0) is 25.5 Å². The lowest BCUT2D eigenvalue weighted by Crippen LogP contribution is -2.41. The van der Waals surface area contributed by atoms with E-state index in [-0.39, 0.29) is 12.7 Å². The predicted octanol–water partition coefficient (Wildman–Crippen LogP) is 2.05. The SMILES string of the molecule is Cc1nc2cc3c(cc2c(C)c1C(=O)N1CCOCC1)OCO3. The fourth-order valence-corrected chi connectivity index (χ4v) is 3.21. The Morgan fingerprint density at radius 1 is 1.13 bits per heavy atom. The number of ether oxygens (including phenoxy) is 3. The zero-order valence-corrected chi connectivity index (χ0v) is 13.2. The number of carbonyl (C=O) groups is 1. The van der Waals surface area contributed by atoms with Crippen LogP contribution in [0.3, 0.4) is 0 Å². The second-order valence-corrected chi connectivity index (χ2v) is 5.82. The highest BCUT2D eigenvalue weighted by atomic mass is 16.7. The van der Waals surface area contributed by atoms with E-state index in [0.29, 0.717) is 43.4 Å². The van der Waals surface area contributed by atoms with Gasteiger partial charge in [0.15, 0.2) is 11.5 Å². The second-order valence-electron chi connectivity index (χ2n) is 5.82. The van der Waals surface area contributed by atoms with Gasteiger partial charge in [-0.25, -0.2) is 0 Å². The number of benzene rings is 1. The van der Waals surface area contributed by atoms with Gasteiger partial charge in [-0.3, -0.25) is 9.78 Å². The molecule has 3 heterocycles. The molecule has 1 saturated heterocycles. The zero-order valence-electron chi connectivity index (χ0n) is 13.2. The number of fused-ring (bicyclic) bond motifs is 2. The van der Waals surface area contributed by atoms with Gasteiger partial charge in [0.1, 0.15) is 0 Å². The van der Waals surface area contributed by atoms with Crippen LogP contribution in [0.15, 0.2) is 12.1 Å². The Labute approximate surface area is 134 Å². The topological polar surface area (TPSA) is 60.9 Å². The van der Waals surface area contributed by atoms with Gasteiger partial charge in [-0.15, -0.1) is 0 Å². The molecule has 1 amide bonds. The quantitative estimate of drug-likeness (QED) is 0.806. The molecule has 2 aliphatic rings. The van der Waals surface area contributed by atoms with Gasteiger partial charge < -0.3 is 19.1 Å². The third-order valence-corrected chi connectivity index (χ3v) is 4.43. The van der Waals surface area contributed by atoms with Crippen LogP contribution < -0.4 is 9.47 Å². The highest BCUT2D eigenvalue weighted by Crippen LogP contribution is 2.37. The van der Waals surface area contributed by atoms with Crippen molar-refractivity contribution in [3.05, 3.63) is 29.0 Å². The molecule has 0 bridgehead atoms. The summed E-state index contributed by atoms with van der Waals surface area (Å²) >= 11 is 0. The van der Waals surface area contributed by atoms with Crippen LogP contribution in [0.1, 0.15) is 21.6 Å². The summed E-state index contributed by atoms with van der Waals surface area (Å²) < 4.78 is 16.2. The monoisotopic (exact) mass is 314 g/mol.